The molecule has 4 aromatic rings. The van der Waals surface area contributed by atoms with Gasteiger partial charge in [-0.1, -0.05) is 23.5 Å². The molecule has 3 heterocycles. The number of thiazole rings is 1. The first-order valence-corrected chi connectivity index (χ1v) is 9.52. The van der Waals surface area contributed by atoms with Crippen LogP contribution in [0.15, 0.2) is 48.9 Å². The molecule has 0 bridgehead atoms. The number of aryl methyl sites for hydroxylation is 2. The van der Waals surface area contributed by atoms with Crippen LogP contribution in [0.4, 0.5) is 5.13 Å². The predicted octanol–water partition coefficient (Wildman–Crippen LogP) is 3.59. The van der Waals surface area contributed by atoms with Crippen LogP contribution in [0.5, 0.6) is 5.88 Å². The number of anilines is 1. The summed E-state index contributed by atoms with van der Waals surface area (Å²) in [6.45, 7) is 2.39. The monoisotopic (exact) mass is 393 g/mol. The Balaban J connectivity index is 1.79. The van der Waals surface area contributed by atoms with Crippen molar-refractivity contribution in [3.63, 3.8) is 0 Å². The van der Waals surface area contributed by atoms with Crippen LogP contribution < -0.4 is 9.64 Å². The number of hydrogen-bond acceptors (Lipinski definition) is 6. The van der Waals surface area contributed by atoms with E-state index in [-0.39, 0.29) is 5.91 Å². The van der Waals surface area contributed by atoms with Crippen LogP contribution in [0.1, 0.15) is 21.5 Å². The van der Waals surface area contributed by atoms with Gasteiger partial charge in [0.2, 0.25) is 5.88 Å². The summed E-state index contributed by atoms with van der Waals surface area (Å²) < 4.78 is 7.89. The first kappa shape index (κ1) is 18.1. The summed E-state index contributed by atoms with van der Waals surface area (Å²) in [5, 5.41) is 4.83. The van der Waals surface area contributed by atoms with E-state index < -0.39 is 0 Å². The fourth-order valence-electron chi connectivity index (χ4n) is 2.95. The Labute approximate surface area is 166 Å². The number of benzene rings is 1. The van der Waals surface area contributed by atoms with Gasteiger partial charge in [0.25, 0.3) is 5.91 Å². The van der Waals surface area contributed by atoms with Gasteiger partial charge in [0.15, 0.2) is 5.13 Å². The number of carbonyl (C=O) groups is 1. The summed E-state index contributed by atoms with van der Waals surface area (Å²) in [6, 6.07) is 9.86. The van der Waals surface area contributed by atoms with Gasteiger partial charge in [-0.3, -0.25) is 19.4 Å². The minimum Gasteiger partial charge on any atom is -0.479 e. The molecule has 1 aromatic carbocycles. The largest absolute Gasteiger partial charge is 0.479 e. The third-order valence-electron chi connectivity index (χ3n) is 4.29. The smallest absolute Gasteiger partial charge is 0.267 e. The summed E-state index contributed by atoms with van der Waals surface area (Å²) in [6.07, 6.45) is 5.12. The molecule has 0 unspecified atom stereocenters. The van der Waals surface area contributed by atoms with Crippen LogP contribution >= 0.6 is 11.3 Å². The van der Waals surface area contributed by atoms with Gasteiger partial charge in [-0.2, -0.15) is 0 Å². The van der Waals surface area contributed by atoms with Crippen molar-refractivity contribution in [1.82, 2.24) is 19.7 Å². The summed E-state index contributed by atoms with van der Waals surface area (Å²) in [4.78, 5) is 23.9. The summed E-state index contributed by atoms with van der Waals surface area (Å²) in [7, 11) is 3.26. The quantitative estimate of drug-likeness (QED) is 0.518. The van der Waals surface area contributed by atoms with Gasteiger partial charge in [0.1, 0.15) is 5.56 Å². The molecule has 0 aliphatic heterocycles. The molecule has 1 amide bonds. The van der Waals surface area contributed by atoms with Crippen LogP contribution in [-0.4, -0.2) is 32.8 Å². The average molecular weight is 393 g/mol. The third kappa shape index (κ3) is 3.46. The van der Waals surface area contributed by atoms with Crippen molar-refractivity contribution >= 4 is 32.6 Å². The first-order chi connectivity index (χ1) is 13.5. The van der Waals surface area contributed by atoms with Crippen molar-refractivity contribution in [1.29, 1.82) is 0 Å². The highest BCUT2D eigenvalue weighted by molar-refractivity contribution is 7.22. The lowest BCUT2D eigenvalue weighted by Crippen LogP contribution is -2.30. The number of pyridine rings is 1. The standard InChI is InChI=1S/C20H19N5O2S/c1-13-6-7-16-17(9-13)28-20(22-16)25(11-14-5-4-8-21-10-14)19(26)15-12-24(2)23-18(15)27-3/h4-10,12H,11H2,1-3H3. The van der Waals surface area contributed by atoms with Crippen LogP contribution in [-0.2, 0) is 13.6 Å². The maximum atomic E-state index is 13.4. The lowest BCUT2D eigenvalue weighted by atomic mass is 10.2. The minimum absolute atomic E-state index is 0.218. The molecule has 0 radical (unpaired) electrons. The maximum Gasteiger partial charge on any atom is 0.267 e. The molecule has 8 heteroatoms. The van der Waals surface area contributed by atoms with Gasteiger partial charge in [0.05, 0.1) is 23.9 Å². The second-order valence-corrected chi connectivity index (χ2v) is 7.46. The topological polar surface area (TPSA) is 73.1 Å². The summed E-state index contributed by atoms with van der Waals surface area (Å²) in [5.74, 6) is 0.0743. The molecule has 4 rings (SSSR count). The summed E-state index contributed by atoms with van der Waals surface area (Å²) >= 11 is 1.49. The molecule has 0 atom stereocenters. The molecule has 0 saturated heterocycles. The van der Waals surface area contributed by atoms with Crippen molar-refractivity contribution in [3.05, 3.63) is 65.6 Å². The van der Waals surface area contributed by atoms with Crippen LogP contribution in [0, 0.1) is 6.92 Å². The second kappa shape index (κ2) is 7.40. The number of carbonyl (C=O) groups excluding carboxylic acids is 1. The molecule has 3 aromatic heterocycles. The number of ether oxygens (including phenoxy) is 1. The minimum atomic E-state index is -0.218. The van der Waals surface area contributed by atoms with E-state index in [1.54, 1.807) is 35.2 Å². The highest BCUT2D eigenvalue weighted by Gasteiger charge is 2.26. The Hall–Kier alpha value is -3.26. The Morgan fingerprint density at radius 2 is 2.18 bits per heavy atom. The van der Waals surface area contributed by atoms with Crippen molar-refractivity contribution < 1.29 is 9.53 Å². The third-order valence-corrected chi connectivity index (χ3v) is 5.33. The molecule has 7 nitrogen and oxygen atoms in total. The number of hydrogen-bond donors (Lipinski definition) is 0. The number of aromatic nitrogens is 4. The highest BCUT2D eigenvalue weighted by atomic mass is 32.1. The van der Waals surface area contributed by atoms with E-state index in [4.69, 9.17) is 9.72 Å². The van der Waals surface area contributed by atoms with Crippen molar-refractivity contribution in [3.8, 4) is 5.88 Å². The van der Waals surface area contributed by atoms with E-state index in [1.165, 1.54) is 18.4 Å². The fourth-order valence-corrected chi connectivity index (χ4v) is 4.01. The molecular weight excluding hydrogens is 374 g/mol. The number of nitrogens with zero attached hydrogens (tertiary/aromatic N) is 5. The van der Waals surface area contributed by atoms with Gasteiger partial charge >= 0.3 is 0 Å². The van der Waals surface area contributed by atoms with Crippen LogP contribution in [0.25, 0.3) is 10.2 Å². The maximum absolute atomic E-state index is 13.4. The molecule has 0 saturated carbocycles. The SMILES string of the molecule is COc1nn(C)cc1C(=O)N(Cc1cccnc1)c1nc2ccc(C)cc2s1. The molecule has 0 spiro atoms. The van der Waals surface area contributed by atoms with Crippen LogP contribution in [0.2, 0.25) is 0 Å². The number of rotatable bonds is 5. The normalized spacial score (nSPS) is 11.0. The number of methoxy groups -OCH3 is 1. The molecular formula is C20H19N5O2S. The average Bonchev–Trinajstić information content (AvgIpc) is 3.29. The van der Waals surface area contributed by atoms with Gasteiger partial charge in [-0.25, -0.2) is 4.98 Å². The molecule has 0 N–H and O–H groups in total. The fraction of sp³-hybridized carbons (Fsp3) is 0.200. The van der Waals surface area contributed by atoms with Crippen molar-refractivity contribution in [2.24, 2.45) is 7.05 Å². The van der Waals surface area contributed by atoms with Crippen molar-refractivity contribution in [2.45, 2.75) is 13.5 Å². The van der Waals surface area contributed by atoms with E-state index in [2.05, 4.69) is 16.1 Å². The van der Waals surface area contributed by atoms with Gasteiger partial charge in [-0.15, -0.1) is 5.10 Å². The van der Waals surface area contributed by atoms with E-state index in [0.29, 0.717) is 23.1 Å². The van der Waals surface area contributed by atoms with Gasteiger partial charge in [-0.05, 0) is 36.2 Å². The lowest BCUT2D eigenvalue weighted by Gasteiger charge is -2.19. The molecule has 0 fully saturated rings. The zero-order chi connectivity index (χ0) is 19.7. The molecule has 142 valence electrons. The van der Waals surface area contributed by atoms with Gasteiger partial charge in [0, 0.05) is 25.6 Å². The molecule has 28 heavy (non-hydrogen) atoms. The van der Waals surface area contributed by atoms with E-state index >= 15 is 0 Å². The van der Waals surface area contributed by atoms with E-state index in [9.17, 15) is 4.79 Å². The first-order valence-electron chi connectivity index (χ1n) is 8.71. The molecule has 0 aliphatic rings. The second-order valence-electron chi connectivity index (χ2n) is 6.45. The van der Waals surface area contributed by atoms with E-state index in [0.717, 1.165) is 21.3 Å². The number of amides is 1. The Kier molecular flexibility index (Phi) is 4.79. The zero-order valence-corrected chi connectivity index (χ0v) is 16.6. The highest BCUT2D eigenvalue weighted by Crippen LogP contribution is 2.32. The molecule has 0 aliphatic carbocycles. The van der Waals surface area contributed by atoms with E-state index in [1.807, 2.05) is 31.2 Å². The van der Waals surface area contributed by atoms with Crippen LogP contribution in [0.3, 0.4) is 0 Å². The zero-order valence-electron chi connectivity index (χ0n) is 15.8. The lowest BCUT2D eigenvalue weighted by molar-refractivity contribution is 0.0982. The Morgan fingerprint density at radius 3 is 2.93 bits per heavy atom. The Bertz CT molecular complexity index is 1140. The number of fused-ring (bicyclic) bond motifs is 1. The Morgan fingerprint density at radius 1 is 1.32 bits per heavy atom. The van der Waals surface area contributed by atoms with Crippen molar-refractivity contribution in [2.75, 3.05) is 12.0 Å². The predicted molar refractivity (Wildman–Crippen MR) is 109 cm³/mol. The van der Waals surface area contributed by atoms with Gasteiger partial charge < -0.3 is 4.74 Å². The summed E-state index contributed by atoms with van der Waals surface area (Å²) in [5.41, 5.74) is 3.33.